The minimum Gasteiger partial charge on any atom is -0.458 e. The molecule has 0 saturated heterocycles. The molecule has 1 heterocycles. The lowest BCUT2D eigenvalue weighted by atomic mass is 9.94. The van der Waals surface area contributed by atoms with Crippen molar-refractivity contribution in [3.63, 3.8) is 0 Å². The standard InChI is InChI=1S/C18H19F3N2O2/c19-18(20,21)13-7-12(16-9-25-17(24)8-22-16)3-4-14(13)23-15-6-10-1-2-11(15)5-10/h3-4,7,10-11,15,23H,1-2,5-6,8-9H2/t10?,11?,15-/m1/s1. The van der Waals surface area contributed by atoms with Gasteiger partial charge in [-0.25, -0.2) is 0 Å². The van der Waals surface area contributed by atoms with Crippen molar-refractivity contribution in [2.24, 2.45) is 16.8 Å². The van der Waals surface area contributed by atoms with Gasteiger partial charge in [0.25, 0.3) is 0 Å². The summed E-state index contributed by atoms with van der Waals surface area (Å²) in [7, 11) is 0. The van der Waals surface area contributed by atoms with Gasteiger partial charge in [-0.2, -0.15) is 13.2 Å². The zero-order valence-corrected chi connectivity index (χ0v) is 13.6. The molecule has 2 fully saturated rings. The monoisotopic (exact) mass is 352 g/mol. The molecule has 1 aromatic carbocycles. The summed E-state index contributed by atoms with van der Waals surface area (Å²) in [5.41, 5.74) is 0.157. The molecule has 1 aromatic rings. The van der Waals surface area contributed by atoms with E-state index in [0.29, 0.717) is 23.1 Å². The predicted molar refractivity (Wildman–Crippen MR) is 86.7 cm³/mol. The van der Waals surface area contributed by atoms with Crippen LogP contribution in [0, 0.1) is 11.8 Å². The van der Waals surface area contributed by atoms with Crippen LogP contribution in [0.4, 0.5) is 18.9 Å². The first-order valence-corrected chi connectivity index (χ1v) is 8.57. The Labute approximate surface area is 143 Å². The number of ether oxygens (including phenoxy) is 1. The van der Waals surface area contributed by atoms with Gasteiger partial charge in [0.05, 0.1) is 11.3 Å². The van der Waals surface area contributed by atoms with Gasteiger partial charge >= 0.3 is 12.1 Å². The van der Waals surface area contributed by atoms with E-state index in [4.69, 9.17) is 4.74 Å². The number of halogens is 3. The van der Waals surface area contributed by atoms with Gasteiger partial charge in [-0.1, -0.05) is 12.5 Å². The average Bonchev–Trinajstić information content (AvgIpc) is 3.18. The highest BCUT2D eigenvalue weighted by molar-refractivity contribution is 6.04. The van der Waals surface area contributed by atoms with Crippen LogP contribution >= 0.6 is 0 Å². The Hall–Kier alpha value is -2.05. The predicted octanol–water partition coefficient (Wildman–Crippen LogP) is 3.65. The van der Waals surface area contributed by atoms with E-state index in [9.17, 15) is 18.0 Å². The van der Waals surface area contributed by atoms with Crippen LogP contribution in [0.5, 0.6) is 0 Å². The van der Waals surface area contributed by atoms with Gasteiger partial charge in [0, 0.05) is 11.7 Å². The van der Waals surface area contributed by atoms with E-state index in [0.717, 1.165) is 25.3 Å². The van der Waals surface area contributed by atoms with Gasteiger partial charge in [-0.15, -0.1) is 0 Å². The Bertz CT molecular complexity index is 730. The number of carbonyl (C=O) groups excluding carboxylic acids is 1. The Morgan fingerprint density at radius 3 is 2.64 bits per heavy atom. The highest BCUT2D eigenvalue weighted by Crippen LogP contribution is 2.46. The second-order valence-corrected chi connectivity index (χ2v) is 7.11. The van der Waals surface area contributed by atoms with Gasteiger partial charge in [-0.3, -0.25) is 9.79 Å². The minimum absolute atomic E-state index is 0.0880. The third kappa shape index (κ3) is 3.24. The molecule has 0 amide bonds. The van der Waals surface area contributed by atoms with Crippen LogP contribution in [0.2, 0.25) is 0 Å². The second kappa shape index (κ2) is 6.04. The third-order valence-electron chi connectivity index (χ3n) is 5.51. The van der Waals surface area contributed by atoms with E-state index in [2.05, 4.69) is 10.3 Å². The lowest BCUT2D eigenvalue weighted by Crippen LogP contribution is -2.28. The summed E-state index contributed by atoms with van der Waals surface area (Å²) in [6.07, 6.45) is -0.0795. The quantitative estimate of drug-likeness (QED) is 0.845. The summed E-state index contributed by atoms with van der Waals surface area (Å²) in [6.45, 7) is -0.239. The molecule has 2 bridgehead atoms. The molecule has 2 aliphatic carbocycles. The molecule has 1 N–H and O–H groups in total. The zero-order valence-electron chi connectivity index (χ0n) is 13.6. The minimum atomic E-state index is -4.46. The molecule has 2 saturated carbocycles. The van der Waals surface area contributed by atoms with E-state index in [-0.39, 0.29) is 24.9 Å². The molecule has 134 valence electrons. The molecule has 25 heavy (non-hydrogen) atoms. The highest BCUT2D eigenvalue weighted by atomic mass is 19.4. The molecule has 0 spiro atoms. The smallest absolute Gasteiger partial charge is 0.418 e. The topological polar surface area (TPSA) is 50.7 Å². The maximum atomic E-state index is 13.6. The number of rotatable bonds is 3. The number of benzene rings is 1. The van der Waals surface area contributed by atoms with Crippen molar-refractivity contribution in [1.29, 1.82) is 0 Å². The number of esters is 1. The van der Waals surface area contributed by atoms with Gasteiger partial charge in [-0.05, 0) is 48.8 Å². The van der Waals surface area contributed by atoms with Gasteiger partial charge in [0.1, 0.15) is 13.2 Å². The molecular weight excluding hydrogens is 333 g/mol. The van der Waals surface area contributed by atoms with Crippen LogP contribution in [-0.2, 0) is 15.7 Å². The number of cyclic esters (lactones) is 1. The summed E-state index contributed by atoms with van der Waals surface area (Å²) in [5.74, 6) is 0.671. The second-order valence-electron chi connectivity index (χ2n) is 7.11. The molecule has 7 heteroatoms. The fourth-order valence-electron chi connectivity index (χ4n) is 4.28. The molecule has 3 aliphatic rings. The van der Waals surface area contributed by atoms with Crippen LogP contribution in [0.3, 0.4) is 0 Å². The molecule has 3 atom stereocenters. The number of fused-ring (bicyclic) bond motifs is 2. The van der Waals surface area contributed by atoms with Crippen LogP contribution in [0.15, 0.2) is 23.2 Å². The van der Waals surface area contributed by atoms with Crippen molar-refractivity contribution >= 4 is 17.4 Å². The first-order valence-electron chi connectivity index (χ1n) is 8.57. The van der Waals surface area contributed by atoms with E-state index in [1.807, 2.05) is 0 Å². The van der Waals surface area contributed by atoms with E-state index in [1.165, 1.54) is 12.5 Å². The number of anilines is 1. The molecule has 0 radical (unpaired) electrons. The third-order valence-corrected chi connectivity index (χ3v) is 5.51. The summed E-state index contributed by atoms with van der Waals surface area (Å²) in [4.78, 5) is 15.1. The van der Waals surface area contributed by atoms with Crippen molar-refractivity contribution in [1.82, 2.24) is 0 Å². The SMILES string of the molecule is O=C1CN=C(c2ccc(N[C@@H]3CC4CCC3C4)c(C(F)(F)F)c2)CO1. The first kappa shape index (κ1) is 16.4. The molecule has 1 aliphatic heterocycles. The van der Waals surface area contributed by atoms with Crippen molar-refractivity contribution in [2.75, 3.05) is 18.5 Å². The zero-order chi connectivity index (χ0) is 17.6. The Morgan fingerprint density at radius 2 is 2.04 bits per heavy atom. The van der Waals surface area contributed by atoms with E-state index < -0.39 is 17.7 Å². The van der Waals surface area contributed by atoms with Gasteiger partial charge < -0.3 is 10.1 Å². The molecular formula is C18H19F3N2O2. The summed E-state index contributed by atoms with van der Waals surface area (Å²) < 4.78 is 45.5. The van der Waals surface area contributed by atoms with Crippen LogP contribution < -0.4 is 5.32 Å². The number of alkyl halides is 3. The number of nitrogens with zero attached hydrogens (tertiary/aromatic N) is 1. The van der Waals surface area contributed by atoms with Crippen molar-refractivity contribution in [3.05, 3.63) is 29.3 Å². The summed E-state index contributed by atoms with van der Waals surface area (Å²) in [6, 6.07) is 4.32. The molecule has 4 rings (SSSR count). The number of hydrogen-bond donors (Lipinski definition) is 1. The van der Waals surface area contributed by atoms with E-state index in [1.54, 1.807) is 6.07 Å². The molecule has 2 unspecified atom stereocenters. The lowest BCUT2D eigenvalue weighted by molar-refractivity contribution is -0.141. The maximum absolute atomic E-state index is 13.6. The maximum Gasteiger partial charge on any atom is 0.418 e. The van der Waals surface area contributed by atoms with E-state index >= 15 is 0 Å². The normalized spacial score (nSPS) is 28.7. The number of aliphatic imine (C=N–C) groups is 1. The van der Waals surface area contributed by atoms with Crippen molar-refractivity contribution in [3.8, 4) is 0 Å². The number of nitrogens with one attached hydrogen (secondary N) is 1. The average molecular weight is 352 g/mol. The number of carbonyl (C=O) groups is 1. The summed E-state index contributed by atoms with van der Waals surface area (Å²) in [5, 5.41) is 3.14. The summed E-state index contributed by atoms with van der Waals surface area (Å²) >= 11 is 0. The largest absolute Gasteiger partial charge is 0.458 e. The van der Waals surface area contributed by atoms with Crippen molar-refractivity contribution < 1.29 is 22.7 Å². The van der Waals surface area contributed by atoms with Crippen molar-refractivity contribution in [2.45, 2.75) is 37.9 Å². The van der Waals surface area contributed by atoms with Crippen LogP contribution in [-0.4, -0.2) is 30.9 Å². The fraction of sp³-hybridized carbons (Fsp3) is 0.556. The van der Waals surface area contributed by atoms with Gasteiger partial charge in [0.15, 0.2) is 0 Å². The molecule has 0 aromatic heterocycles. The van der Waals surface area contributed by atoms with Crippen LogP contribution in [0.25, 0.3) is 0 Å². The highest BCUT2D eigenvalue weighted by Gasteiger charge is 2.41. The first-order chi connectivity index (χ1) is 11.9. The van der Waals surface area contributed by atoms with Crippen LogP contribution in [0.1, 0.15) is 36.8 Å². The Balaban J connectivity index is 1.62. The molecule has 4 nitrogen and oxygen atoms in total. The fourth-order valence-corrected chi connectivity index (χ4v) is 4.28. The van der Waals surface area contributed by atoms with Gasteiger partial charge in [0.2, 0.25) is 0 Å². The lowest BCUT2D eigenvalue weighted by Gasteiger charge is -2.26. The Morgan fingerprint density at radius 1 is 1.20 bits per heavy atom. The Kier molecular flexibility index (Phi) is 3.96. The number of hydrogen-bond acceptors (Lipinski definition) is 4.